The predicted molar refractivity (Wildman–Crippen MR) is 107 cm³/mol. The van der Waals surface area contributed by atoms with E-state index in [1.807, 2.05) is 0 Å². The number of hydrogen-bond acceptors (Lipinski definition) is 4. The van der Waals surface area contributed by atoms with Crippen molar-refractivity contribution in [3.63, 3.8) is 0 Å². The molecule has 0 fully saturated rings. The molecule has 0 saturated carbocycles. The summed E-state index contributed by atoms with van der Waals surface area (Å²) in [7, 11) is 0. The zero-order valence-electron chi connectivity index (χ0n) is 14.3. The number of carbonyl (C=O) groups excluding carboxylic acids is 1. The van der Waals surface area contributed by atoms with Gasteiger partial charge in [-0.05, 0) is 42.0 Å². The van der Waals surface area contributed by atoms with Gasteiger partial charge in [-0.1, -0.05) is 35.3 Å². The molecule has 0 spiro atoms. The topological polar surface area (TPSA) is 94.2 Å². The molecule has 3 aromatic rings. The predicted octanol–water partition coefficient (Wildman–Crippen LogP) is 4.36. The Kier molecular flexibility index (Phi) is 5.77. The minimum atomic E-state index is -0.674. The smallest absolute Gasteiger partial charge is 0.289 e. The van der Waals surface area contributed by atoms with Crippen LogP contribution < -0.4 is 10.9 Å². The lowest BCUT2D eigenvalue weighted by atomic mass is 10.2. The summed E-state index contributed by atoms with van der Waals surface area (Å²) in [6.45, 7) is 0.267. The number of anilines is 1. The van der Waals surface area contributed by atoms with Crippen molar-refractivity contribution in [2.75, 3.05) is 5.32 Å². The first kappa shape index (κ1) is 19.6. The molecule has 0 saturated heterocycles. The molecule has 2 aromatic carbocycles. The van der Waals surface area contributed by atoms with Crippen molar-refractivity contribution in [2.45, 2.75) is 6.54 Å². The van der Waals surface area contributed by atoms with E-state index in [0.29, 0.717) is 5.02 Å². The average molecular weight is 418 g/mol. The maximum Gasteiger partial charge on any atom is 0.289 e. The highest BCUT2D eigenvalue weighted by Gasteiger charge is 2.16. The van der Waals surface area contributed by atoms with Gasteiger partial charge in [0.15, 0.2) is 0 Å². The van der Waals surface area contributed by atoms with E-state index in [-0.39, 0.29) is 28.5 Å². The van der Waals surface area contributed by atoms with Crippen LogP contribution in [0.5, 0.6) is 0 Å². The van der Waals surface area contributed by atoms with Gasteiger partial charge in [0.05, 0.1) is 11.5 Å². The average Bonchev–Trinajstić information content (AvgIpc) is 2.66. The van der Waals surface area contributed by atoms with Crippen LogP contribution in [-0.2, 0) is 6.54 Å². The summed E-state index contributed by atoms with van der Waals surface area (Å²) < 4.78 is 1.39. The lowest BCUT2D eigenvalue weighted by Gasteiger charge is -2.09. The number of pyridine rings is 1. The molecule has 1 N–H and O–H groups in total. The summed E-state index contributed by atoms with van der Waals surface area (Å²) in [5.41, 5.74) is 0.0890. The molecule has 0 atom stereocenters. The highest BCUT2D eigenvalue weighted by molar-refractivity contribution is 6.32. The molecule has 0 aliphatic carbocycles. The number of hydrogen-bond donors (Lipinski definition) is 1. The van der Waals surface area contributed by atoms with E-state index in [2.05, 4.69) is 5.32 Å². The third-order valence-electron chi connectivity index (χ3n) is 3.93. The Bertz CT molecular complexity index is 1110. The van der Waals surface area contributed by atoms with Gasteiger partial charge in [0.25, 0.3) is 17.2 Å². The van der Waals surface area contributed by atoms with Gasteiger partial charge < -0.3 is 9.88 Å². The maximum atomic E-state index is 12.6. The molecule has 28 heavy (non-hydrogen) atoms. The zero-order valence-corrected chi connectivity index (χ0v) is 15.8. The van der Waals surface area contributed by atoms with Crippen LogP contribution in [0.25, 0.3) is 0 Å². The first-order valence-electron chi connectivity index (χ1n) is 8.04. The molecule has 0 bridgehead atoms. The quantitative estimate of drug-likeness (QED) is 0.492. The van der Waals surface area contributed by atoms with Gasteiger partial charge in [-0.15, -0.1) is 0 Å². The molecule has 0 aliphatic rings. The lowest BCUT2D eigenvalue weighted by molar-refractivity contribution is -0.384. The second-order valence-electron chi connectivity index (χ2n) is 5.86. The van der Waals surface area contributed by atoms with Crippen LogP contribution in [0.1, 0.15) is 15.9 Å². The number of rotatable bonds is 5. The third kappa shape index (κ3) is 4.39. The van der Waals surface area contributed by atoms with Crippen molar-refractivity contribution in [3.8, 4) is 0 Å². The van der Waals surface area contributed by atoms with Crippen LogP contribution in [-0.4, -0.2) is 15.4 Å². The molecule has 3 rings (SSSR count). The number of amides is 1. The molecule has 1 amide bonds. The van der Waals surface area contributed by atoms with Crippen molar-refractivity contribution in [1.82, 2.24) is 4.57 Å². The number of nitrogens with one attached hydrogen (secondary N) is 1. The van der Waals surface area contributed by atoms with Crippen molar-refractivity contribution >= 4 is 40.5 Å². The van der Waals surface area contributed by atoms with Gasteiger partial charge >= 0.3 is 0 Å². The van der Waals surface area contributed by atoms with E-state index in [4.69, 9.17) is 23.2 Å². The Hall–Kier alpha value is -3.16. The number of nitro benzene ring substituents is 1. The molecule has 1 aromatic heterocycles. The number of benzene rings is 2. The number of aromatic nitrogens is 1. The summed E-state index contributed by atoms with van der Waals surface area (Å²) in [6, 6.07) is 13.8. The minimum absolute atomic E-state index is 0.0481. The van der Waals surface area contributed by atoms with Gasteiger partial charge in [-0.2, -0.15) is 0 Å². The monoisotopic (exact) mass is 417 g/mol. The van der Waals surface area contributed by atoms with Gasteiger partial charge in [0.1, 0.15) is 10.6 Å². The van der Waals surface area contributed by atoms with E-state index in [0.717, 1.165) is 11.6 Å². The Morgan fingerprint density at radius 3 is 2.50 bits per heavy atom. The summed E-state index contributed by atoms with van der Waals surface area (Å²) in [5.74, 6) is -0.674. The Morgan fingerprint density at radius 2 is 1.82 bits per heavy atom. The number of nitro groups is 1. The number of halogens is 2. The molecule has 7 nitrogen and oxygen atoms in total. The van der Waals surface area contributed by atoms with Gasteiger partial charge in [-0.3, -0.25) is 19.7 Å². The van der Waals surface area contributed by atoms with Crippen LogP contribution in [0.3, 0.4) is 0 Å². The van der Waals surface area contributed by atoms with E-state index >= 15 is 0 Å². The summed E-state index contributed by atoms with van der Waals surface area (Å²) >= 11 is 11.6. The summed E-state index contributed by atoms with van der Waals surface area (Å²) in [4.78, 5) is 35.5. The molecule has 142 valence electrons. The summed E-state index contributed by atoms with van der Waals surface area (Å²) in [5, 5.41) is 14.0. The van der Waals surface area contributed by atoms with Crippen LogP contribution in [0.15, 0.2) is 65.6 Å². The van der Waals surface area contributed by atoms with E-state index in [1.165, 1.54) is 22.8 Å². The third-order valence-corrected chi connectivity index (χ3v) is 4.50. The first-order valence-corrected chi connectivity index (χ1v) is 8.80. The van der Waals surface area contributed by atoms with Crippen molar-refractivity contribution in [2.24, 2.45) is 0 Å². The fourth-order valence-electron chi connectivity index (χ4n) is 2.55. The van der Waals surface area contributed by atoms with E-state index in [1.54, 1.807) is 36.5 Å². The van der Waals surface area contributed by atoms with Crippen molar-refractivity contribution < 1.29 is 9.72 Å². The molecule has 0 aliphatic heterocycles. The minimum Gasteiger partial charge on any atom is -0.322 e. The molecular weight excluding hydrogens is 405 g/mol. The fraction of sp³-hybridized carbons (Fsp3) is 0.0526. The molecule has 0 unspecified atom stereocenters. The molecular formula is C19H13Cl2N3O4. The van der Waals surface area contributed by atoms with E-state index in [9.17, 15) is 19.7 Å². The van der Waals surface area contributed by atoms with Gasteiger partial charge in [-0.25, -0.2) is 0 Å². The van der Waals surface area contributed by atoms with Crippen LogP contribution in [0, 0.1) is 10.1 Å². The lowest BCUT2D eigenvalue weighted by Crippen LogP contribution is -2.29. The van der Waals surface area contributed by atoms with E-state index < -0.39 is 16.4 Å². The molecule has 9 heteroatoms. The fourth-order valence-corrected chi connectivity index (χ4v) is 2.86. The second-order valence-corrected chi connectivity index (χ2v) is 6.70. The zero-order chi connectivity index (χ0) is 20.3. The standard InChI is InChI=1S/C19H13Cl2N3O4/c20-13-5-3-12(4-6-13)11-23-9-1-2-15(19(23)26)18(25)22-14-7-8-16(21)17(10-14)24(27)28/h1-10H,11H2,(H,22,25). The Balaban J connectivity index is 1.85. The number of carbonyl (C=O) groups is 1. The SMILES string of the molecule is O=C(Nc1ccc(Cl)c([N+](=O)[O-])c1)c1cccn(Cc2ccc(Cl)cc2)c1=O. The first-order chi connectivity index (χ1) is 13.3. The number of nitrogens with zero attached hydrogens (tertiary/aromatic N) is 2. The maximum absolute atomic E-state index is 12.6. The normalized spacial score (nSPS) is 10.5. The van der Waals surface area contributed by atoms with Crippen LogP contribution in [0.4, 0.5) is 11.4 Å². The summed E-state index contributed by atoms with van der Waals surface area (Å²) in [6.07, 6.45) is 1.57. The Morgan fingerprint density at radius 1 is 1.11 bits per heavy atom. The highest BCUT2D eigenvalue weighted by Crippen LogP contribution is 2.27. The van der Waals surface area contributed by atoms with Crippen LogP contribution in [0.2, 0.25) is 10.0 Å². The molecule has 1 heterocycles. The second kappa shape index (κ2) is 8.24. The van der Waals surface area contributed by atoms with Gasteiger partial charge in [0.2, 0.25) is 0 Å². The highest BCUT2D eigenvalue weighted by atomic mass is 35.5. The van der Waals surface area contributed by atoms with Crippen molar-refractivity contribution in [1.29, 1.82) is 0 Å². The molecule has 0 radical (unpaired) electrons. The Labute approximate surface area is 169 Å². The van der Waals surface area contributed by atoms with Gasteiger partial charge in [0, 0.05) is 23.0 Å². The van der Waals surface area contributed by atoms with Crippen molar-refractivity contribution in [3.05, 3.63) is 102 Å². The largest absolute Gasteiger partial charge is 0.322 e. The van der Waals surface area contributed by atoms with Crippen LogP contribution >= 0.6 is 23.2 Å².